The van der Waals surface area contributed by atoms with Gasteiger partial charge in [0.1, 0.15) is 5.82 Å². The molecule has 1 N–H and O–H groups in total. The van der Waals surface area contributed by atoms with Gasteiger partial charge in [0.25, 0.3) is 0 Å². The van der Waals surface area contributed by atoms with Gasteiger partial charge in [0.2, 0.25) is 0 Å². The first-order valence-corrected chi connectivity index (χ1v) is 7.75. The first-order chi connectivity index (χ1) is 10.1. The van der Waals surface area contributed by atoms with Gasteiger partial charge in [-0.1, -0.05) is 0 Å². The van der Waals surface area contributed by atoms with E-state index in [0.717, 1.165) is 36.0 Å². The van der Waals surface area contributed by atoms with Crippen LogP contribution < -0.4 is 5.32 Å². The van der Waals surface area contributed by atoms with Gasteiger partial charge >= 0.3 is 0 Å². The minimum absolute atomic E-state index is 0.324. The van der Waals surface area contributed by atoms with Crippen molar-refractivity contribution in [2.24, 2.45) is 0 Å². The lowest BCUT2D eigenvalue weighted by Gasteiger charge is -2.23. The Balaban J connectivity index is 1.99. The summed E-state index contributed by atoms with van der Waals surface area (Å²) in [6.07, 6.45) is 4.26. The van der Waals surface area contributed by atoms with Crippen molar-refractivity contribution in [1.29, 1.82) is 0 Å². The number of aryl methyl sites for hydroxylation is 1. The lowest BCUT2D eigenvalue weighted by molar-refractivity contribution is 0.453. The Kier molecular flexibility index (Phi) is 4.01. The molecule has 21 heavy (non-hydrogen) atoms. The minimum atomic E-state index is 0.324. The maximum Gasteiger partial charge on any atom is 0.126 e. The number of piperidine rings is 1. The van der Waals surface area contributed by atoms with Gasteiger partial charge in [-0.25, -0.2) is 9.97 Å². The topological polar surface area (TPSA) is 55.6 Å². The fourth-order valence-electron chi connectivity index (χ4n) is 2.96. The molecule has 5 nitrogen and oxygen atoms in total. The first kappa shape index (κ1) is 14.2. The van der Waals surface area contributed by atoms with E-state index in [0.29, 0.717) is 12.0 Å². The summed E-state index contributed by atoms with van der Waals surface area (Å²) in [5.74, 6) is 1.33. The van der Waals surface area contributed by atoms with Crippen LogP contribution in [0.25, 0.3) is 11.4 Å². The van der Waals surface area contributed by atoms with Crippen LogP contribution in [0.3, 0.4) is 0 Å². The Morgan fingerprint density at radius 1 is 1.33 bits per heavy atom. The number of rotatable bonds is 3. The maximum absolute atomic E-state index is 4.66. The summed E-state index contributed by atoms with van der Waals surface area (Å²) < 4.78 is 2.02. The molecule has 3 rings (SSSR count). The van der Waals surface area contributed by atoms with Crippen molar-refractivity contribution in [1.82, 2.24) is 25.1 Å². The number of aromatic nitrogens is 4. The van der Waals surface area contributed by atoms with E-state index in [1.165, 1.54) is 12.8 Å². The second-order valence-electron chi connectivity index (χ2n) is 6.02. The highest BCUT2D eigenvalue weighted by molar-refractivity contribution is 5.55. The summed E-state index contributed by atoms with van der Waals surface area (Å²) in [6.45, 7) is 8.37. The summed E-state index contributed by atoms with van der Waals surface area (Å²) in [6, 6.07) is 4.50. The molecule has 1 aliphatic rings. The van der Waals surface area contributed by atoms with Gasteiger partial charge in [-0.15, -0.1) is 0 Å². The monoisotopic (exact) mass is 285 g/mol. The van der Waals surface area contributed by atoms with Crippen LogP contribution >= 0.6 is 0 Å². The second-order valence-corrected chi connectivity index (χ2v) is 6.02. The smallest absolute Gasteiger partial charge is 0.126 e. The molecule has 1 aliphatic heterocycles. The Bertz CT molecular complexity index is 611. The van der Waals surface area contributed by atoms with Crippen LogP contribution in [0.15, 0.2) is 18.3 Å². The molecule has 0 saturated carbocycles. The van der Waals surface area contributed by atoms with Crippen molar-refractivity contribution in [2.45, 2.75) is 45.6 Å². The molecule has 0 spiro atoms. The van der Waals surface area contributed by atoms with Gasteiger partial charge in [0.05, 0.1) is 11.4 Å². The van der Waals surface area contributed by atoms with Gasteiger partial charge < -0.3 is 5.32 Å². The molecule has 1 saturated heterocycles. The predicted octanol–water partition coefficient (Wildman–Crippen LogP) is 2.70. The van der Waals surface area contributed by atoms with Crippen molar-refractivity contribution in [3.63, 3.8) is 0 Å². The molecule has 1 atom stereocenters. The van der Waals surface area contributed by atoms with Gasteiger partial charge in [-0.05, 0) is 52.3 Å². The fraction of sp³-hybridized carbons (Fsp3) is 0.562. The summed E-state index contributed by atoms with van der Waals surface area (Å²) in [5.41, 5.74) is 3.20. The van der Waals surface area contributed by atoms with Gasteiger partial charge in [-0.2, -0.15) is 5.10 Å². The average Bonchev–Trinajstić information content (AvgIpc) is 2.97. The molecule has 0 aliphatic carbocycles. The van der Waals surface area contributed by atoms with Crippen LogP contribution in [-0.4, -0.2) is 32.8 Å². The summed E-state index contributed by atoms with van der Waals surface area (Å²) in [4.78, 5) is 9.28. The molecule has 0 bridgehead atoms. The molecule has 3 heterocycles. The summed E-state index contributed by atoms with van der Waals surface area (Å²) >= 11 is 0. The molecule has 1 fully saturated rings. The van der Waals surface area contributed by atoms with Crippen molar-refractivity contribution < 1.29 is 0 Å². The SMILES string of the molecule is Cc1nc(-c2ccnn2C(C)C)cc([C@H]2CCCNC2)n1. The molecule has 112 valence electrons. The molecule has 0 amide bonds. The Hall–Kier alpha value is -1.75. The van der Waals surface area contributed by atoms with E-state index in [2.05, 4.69) is 40.3 Å². The molecule has 2 aromatic rings. The number of nitrogens with one attached hydrogen (secondary N) is 1. The molecule has 5 heteroatoms. The molecule has 0 unspecified atom stereocenters. The minimum Gasteiger partial charge on any atom is -0.316 e. The lowest BCUT2D eigenvalue weighted by atomic mass is 9.95. The van der Waals surface area contributed by atoms with Crippen LogP contribution in [0, 0.1) is 6.92 Å². The van der Waals surface area contributed by atoms with E-state index in [1.807, 2.05) is 23.9 Å². The number of hydrogen-bond acceptors (Lipinski definition) is 4. The van der Waals surface area contributed by atoms with Crippen molar-refractivity contribution >= 4 is 0 Å². The maximum atomic E-state index is 4.66. The largest absolute Gasteiger partial charge is 0.316 e. The Morgan fingerprint density at radius 2 is 2.19 bits per heavy atom. The third-order valence-corrected chi connectivity index (χ3v) is 3.99. The summed E-state index contributed by atoms with van der Waals surface area (Å²) in [7, 11) is 0. The van der Waals surface area contributed by atoms with E-state index in [9.17, 15) is 0 Å². The highest BCUT2D eigenvalue weighted by Gasteiger charge is 2.19. The summed E-state index contributed by atoms with van der Waals surface area (Å²) in [5, 5.41) is 7.87. The second kappa shape index (κ2) is 5.93. The third-order valence-electron chi connectivity index (χ3n) is 3.99. The van der Waals surface area contributed by atoms with E-state index >= 15 is 0 Å². The lowest BCUT2D eigenvalue weighted by Crippen LogP contribution is -2.29. The number of nitrogens with zero attached hydrogens (tertiary/aromatic N) is 4. The molecular formula is C16H23N5. The molecule has 0 radical (unpaired) electrons. The van der Waals surface area contributed by atoms with Crippen LogP contribution in [0.1, 0.15) is 50.2 Å². The highest BCUT2D eigenvalue weighted by atomic mass is 15.3. The van der Waals surface area contributed by atoms with Gasteiger partial charge in [0, 0.05) is 30.4 Å². The van der Waals surface area contributed by atoms with Gasteiger partial charge in [-0.3, -0.25) is 4.68 Å². The first-order valence-electron chi connectivity index (χ1n) is 7.75. The van der Waals surface area contributed by atoms with E-state index in [4.69, 9.17) is 0 Å². The van der Waals surface area contributed by atoms with Crippen LogP contribution in [0.2, 0.25) is 0 Å². The quantitative estimate of drug-likeness (QED) is 0.942. The zero-order chi connectivity index (χ0) is 14.8. The zero-order valence-corrected chi connectivity index (χ0v) is 13.0. The highest BCUT2D eigenvalue weighted by Crippen LogP contribution is 2.26. The van der Waals surface area contributed by atoms with E-state index in [1.54, 1.807) is 0 Å². The van der Waals surface area contributed by atoms with Crippen molar-refractivity contribution in [2.75, 3.05) is 13.1 Å². The van der Waals surface area contributed by atoms with E-state index < -0.39 is 0 Å². The van der Waals surface area contributed by atoms with Crippen molar-refractivity contribution in [3.05, 3.63) is 29.8 Å². The van der Waals surface area contributed by atoms with Crippen molar-refractivity contribution in [3.8, 4) is 11.4 Å². The normalized spacial score (nSPS) is 19.1. The fourth-order valence-corrected chi connectivity index (χ4v) is 2.96. The van der Waals surface area contributed by atoms with E-state index in [-0.39, 0.29) is 0 Å². The standard InChI is InChI=1S/C16H23N5/c1-11(2)21-16(6-8-18-21)15-9-14(19-12(3)20-15)13-5-4-7-17-10-13/h6,8-9,11,13,17H,4-5,7,10H2,1-3H3/t13-/m0/s1. The third kappa shape index (κ3) is 2.97. The zero-order valence-electron chi connectivity index (χ0n) is 13.0. The Morgan fingerprint density at radius 3 is 2.90 bits per heavy atom. The van der Waals surface area contributed by atoms with Gasteiger partial charge in [0.15, 0.2) is 0 Å². The van der Waals surface area contributed by atoms with Crippen LogP contribution in [0.5, 0.6) is 0 Å². The van der Waals surface area contributed by atoms with Crippen LogP contribution in [0.4, 0.5) is 0 Å². The molecular weight excluding hydrogens is 262 g/mol. The van der Waals surface area contributed by atoms with Crippen LogP contribution in [-0.2, 0) is 0 Å². The molecule has 0 aromatic carbocycles. The number of hydrogen-bond donors (Lipinski definition) is 1. The average molecular weight is 285 g/mol. The predicted molar refractivity (Wildman–Crippen MR) is 83.2 cm³/mol. The molecule has 2 aromatic heterocycles. The Labute approximate surface area is 125 Å².